The molecule has 0 aliphatic heterocycles. The van der Waals surface area contributed by atoms with Gasteiger partial charge in [-0.25, -0.2) is 13.8 Å². The third kappa shape index (κ3) is 4.60. The van der Waals surface area contributed by atoms with Gasteiger partial charge in [0.2, 0.25) is 5.91 Å². The minimum Gasteiger partial charge on any atom is -0.283 e. The van der Waals surface area contributed by atoms with Crippen LogP contribution < -0.4 is 4.90 Å². The number of para-hydroxylation sites is 1. The summed E-state index contributed by atoms with van der Waals surface area (Å²) in [6, 6.07) is 14.4. The van der Waals surface area contributed by atoms with Crippen LogP contribution in [0.3, 0.4) is 0 Å². The average molecular weight is 428 g/mol. The lowest BCUT2D eigenvalue weighted by molar-refractivity contribution is -0.116. The number of anilines is 1. The molecule has 8 heteroatoms. The van der Waals surface area contributed by atoms with E-state index in [9.17, 15) is 13.6 Å². The first-order chi connectivity index (χ1) is 14.1. The van der Waals surface area contributed by atoms with E-state index in [0.29, 0.717) is 9.83 Å². The van der Waals surface area contributed by atoms with E-state index in [4.69, 9.17) is 0 Å². The summed E-state index contributed by atoms with van der Waals surface area (Å²) in [6.45, 7) is 0.276. The molecule has 0 fully saturated rings. The molecular weight excluding hydrogens is 412 g/mol. The first-order valence-corrected chi connectivity index (χ1v) is 10.5. The number of thioether (sulfide) groups is 1. The lowest BCUT2D eigenvalue weighted by Gasteiger charge is -2.19. The Balaban J connectivity index is 1.60. The fourth-order valence-electron chi connectivity index (χ4n) is 2.71. The van der Waals surface area contributed by atoms with Gasteiger partial charge in [-0.1, -0.05) is 23.5 Å². The number of hydrogen-bond acceptors (Lipinski definition) is 5. The van der Waals surface area contributed by atoms with Crippen molar-refractivity contribution in [1.82, 2.24) is 9.97 Å². The van der Waals surface area contributed by atoms with Gasteiger partial charge < -0.3 is 0 Å². The maximum Gasteiger partial charge on any atom is 0.239 e. The Morgan fingerprint density at radius 3 is 2.62 bits per heavy atom. The van der Waals surface area contributed by atoms with Gasteiger partial charge in [0.15, 0.2) is 5.13 Å². The van der Waals surface area contributed by atoms with Gasteiger partial charge in [-0.15, -0.1) is 11.8 Å². The number of nitrogens with zero attached hydrogens (tertiary/aromatic N) is 3. The number of pyridine rings is 1. The molecule has 0 saturated carbocycles. The molecule has 0 spiro atoms. The van der Waals surface area contributed by atoms with Crippen molar-refractivity contribution in [2.24, 2.45) is 0 Å². The molecule has 1 amide bonds. The number of hydrogen-bond donors (Lipinski definition) is 0. The minimum atomic E-state index is -0.417. The Hall–Kier alpha value is -2.84. The molecule has 2 aromatic carbocycles. The third-order valence-electron chi connectivity index (χ3n) is 4.13. The fourth-order valence-corrected chi connectivity index (χ4v) is 4.48. The average Bonchev–Trinajstić information content (AvgIpc) is 3.17. The standard InChI is InChI=1S/C21H15F2N3OS2/c22-15-6-8-16(9-7-15)28-13-19(27)26(12-14-3-2-10-24-11-14)21-25-20-17(23)4-1-5-18(20)29-21/h1-11H,12-13H2. The van der Waals surface area contributed by atoms with Gasteiger partial charge in [0.25, 0.3) is 0 Å². The number of thiazole rings is 1. The van der Waals surface area contributed by atoms with E-state index in [0.717, 1.165) is 10.5 Å². The van der Waals surface area contributed by atoms with E-state index in [-0.39, 0.29) is 29.5 Å². The second-order valence-electron chi connectivity index (χ2n) is 6.17. The zero-order chi connectivity index (χ0) is 20.2. The molecule has 146 valence electrons. The molecule has 0 bridgehead atoms. The number of carbonyl (C=O) groups is 1. The fraction of sp³-hybridized carbons (Fsp3) is 0.0952. The van der Waals surface area contributed by atoms with Crippen LogP contribution in [0.2, 0.25) is 0 Å². The highest BCUT2D eigenvalue weighted by atomic mass is 32.2. The highest BCUT2D eigenvalue weighted by molar-refractivity contribution is 8.00. The van der Waals surface area contributed by atoms with Crippen LogP contribution in [0, 0.1) is 11.6 Å². The van der Waals surface area contributed by atoms with Crippen molar-refractivity contribution in [3.63, 3.8) is 0 Å². The molecule has 0 unspecified atom stereocenters. The number of amides is 1. The van der Waals surface area contributed by atoms with E-state index in [1.54, 1.807) is 42.7 Å². The summed E-state index contributed by atoms with van der Waals surface area (Å²) in [5.74, 6) is -0.776. The Bertz CT molecular complexity index is 1130. The van der Waals surface area contributed by atoms with Gasteiger partial charge >= 0.3 is 0 Å². The number of rotatable bonds is 6. The van der Waals surface area contributed by atoms with Crippen LogP contribution in [0.4, 0.5) is 13.9 Å². The zero-order valence-corrected chi connectivity index (χ0v) is 16.7. The van der Waals surface area contributed by atoms with Crippen molar-refractivity contribution in [3.8, 4) is 0 Å². The van der Waals surface area contributed by atoms with Gasteiger partial charge in [0.1, 0.15) is 17.2 Å². The Morgan fingerprint density at radius 1 is 1.07 bits per heavy atom. The first-order valence-electron chi connectivity index (χ1n) is 8.73. The Morgan fingerprint density at radius 2 is 1.90 bits per heavy atom. The number of halogens is 2. The summed E-state index contributed by atoms with van der Waals surface area (Å²) in [7, 11) is 0. The second kappa shape index (κ2) is 8.67. The van der Waals surface area contributed by atoms with Crippen LogP contribution in [0.25, 0.3) is 10.2 Å². The number of benzene rings is 2. The summed E-state index contributed by atoms with van der Waals surface area (Å²) in [6.07, 6.45) is 3.34. The normalized spacial score (nSPS) is 11.0. The Kier molecular flexibility index (Phi) is 5.82. The summed E-state index contributed by atoms with van der Waals surface area (Å²) in [4.78, 5) is 23.8. The zero-order valence-electron chi connectivity index (χ0n) is 15.1. The molecule has 2 aromatic heterocycles. The number of fused-ring (bicyclic) bond motifs is 1. The van der Waals surface area contributed by atoms with Crippen LogP contribution in [0.15, 0.2) is 71.9 Å². The molecule has 0 saturated heterocycles. The number of carbonyl (C=O) groups excluding carboxylic acids is 1. The predicted octanol–water partition coefficient (Wildman–Crippen LogP) is 5.30. The van der Waals surface area contributed by atoms with E-state index >= 15 is 0 Å². The van der Waals surface area contributed by atoms with Crippen LogP contribution in [0.5, 0.6) is 0 Å². The van der Waals surface area contributed by atoms with Gasteiger partial charge in [0.05, 0.1) is 17.0 Å². The first kappa shape index (κ1) is 19.5. The summed E-state index contributed by atoms with van der Waals surface area (Å²) in [5.41, 5.74) is 1.09. The predicted molar refractivity (Wildman–Crippen MR) is 112 cm³/mol. The summed E-state index contributed by atoms with van der Waals surface area (Å²) >= 11 is 2.58. The van der Waals surface area contributed by atoms with Crippen LogP contribution >= 0.6 is 23.1 Å². The van der Waals surface area contributed by atoms with Crippen molar-refractivity contribution in [1.29, 1.82) is 0 Å². The van der Waals surface area contributed by atoms with E-state index in [1.807, 2.05) is 6.07 Å². The molecule has 4 aromatic rings. The topological polar surface area (TPSA) is 46.1 Å². The smallest absolute Gasteiger partial charge is 0.239 e. The molecule has 0 aliphatic rings. The molecule has 0 radical (unpaired) electrons. The monoisotopic (exact) mass is 427 g/mol. The van der Waals surface area contributed by atoms with Gasteiger partial charge in [-0.3, -0.25) is 14.7 Å². The minimum absolute atomic E-state index is 0.143. The van der Waals surface area contributed by atoms with Gasteiger partial charge in [-0.2, -0.15) is 0 Å². The SMILES string of the molecule is O=C(CSc1ccc(F)cc1)N(Cc1cccnc1)c1nc2c(F)cccc2s1. The Labute approximate surface area is 174 Å². The maximum absolute atomic E-state index is 14.1. The van der Waals surface area contributed by atoms with Crippen molar-refractivity contribution in [2.45, 2.75) is 11.4 Å². The molecule has 4 rings (SSSR count). The number of aromatic nitrogens is 2. The van der Waals surface area contributed by atoms with E-state index in [2.05, 4.69) is 9.97 Å². The van der Waals surface area contributed by atoms with E-state index < -0.39 is 5.82 Å². The quantitative estimate of drug-likeness (QED) is 0.392. The van der Waals surface area contributed by atoms with Crippen LogP contribution in [-0.2, 0) is 11.3 Å². The largest absolute Gasteiger partial charge is 0.283 e. The lowest BCUT2D eigenvalue weighted by atomic mass is 10.2. The maximum atomic E-state index is 14.1. The van der Waals surface area contributed by atoms with Crippen LogP contribution in [-0.4, -0.2) is 21.6 Å². The van der Waals surface area contributed by atoms with Crippen molar-refractivity contribution in [3.05, 3.63) is 84.2 Å². The molecule has 2 heterocycles. The van der Waals surface area contributed by atoms with Crippen LogP contribution in [0.1, 0.15) is 5.56 Å². The highest BCUT2D eigenvalue weighted by Crippen LogP contribution is 2.32. The van der Waals surface area contributed by atoms with Crippen molar-refractivity contribution in [2.75, 3.05) is 10.7 Å². The van der Waals surface area contributed by atoms with Gasteiger partial charge in [-0.05, 0) is 48.0 Å². The molecule has 29 heavy (non-hydrogen) atoms. The second-order valence-corrected chi connectivity index (χ2v) is 8.22. The van der Waals surface area contributed by atoms with Crippen molar-refractivity contribution < 1.29 is 13.6 Å². The summed E-state index contributed by atoms with van der Waals surface area (Å²) in [5, 5.41) is 0.429. The van der Waals surface area contributed by atoms with Gasteiger partial charge in [0, 0.05) is 17.3 Å². The molecule has 0 N–H and O–H groups in total. The van der Waals surface area contributed by atoms with E-state index in [1.165, 1.54) is 46.2 Å². The summed E-state index contributed by atoms with van der Waals surface area (Å²) < 4.78 is 27.8. The lowest BCUT2D eigenvalue weighted by Crippen LogP contribution is -2.31. The van der Waals surface area contributed by atoms with Crippen molar-refractivity contribution >= 4 is 44.4 Å². The molecular formula is C21H15F2N3OS2. The highest BCUT2D eigenvalue weighted by Gasteiger charge is 2.21. The molecule has 0 atom stereocenters. The molecule has 0 aliphatic carbocycles. The molecule has 4 nitrogen and oxygen atoms in total. The third-order valence-corrected chi connectivity index (χ3v) is 6.17.